The summed E-state index contributed by atoms with van der Waals surface area (Å²) in [5, 5.41) is 8.65. The van der Waals surface area contributed by atoms with Crippen molar-refractivity contribution in [1.29, 1.82) is 0 Å². The molecule has 0 aliphatic carbocycles. The molecule has 0 aromatic heterocycles. The summed E-state index contributed by atoms with van der Waals surface area (Å²) in [5.41, 5.74) is -0.434. The molecule has 1 heterocycles. The molecule has 1 N–H and O–H groups in total. The molecule has 1 aliphatic heterocycles. The molecule has 0 saturated carbocycles. The second-order valence-electron chi connectivity index (χ2n) is 6.24. The Morgan fingerprint density at radius 1 is 1.26 bits per heavy atom. The summed E-state index contributed by atoms with van der Waals surface area (Å²) >= 11 is 0. The fraction of sp³-hybridized carbons (Fsp3) is 0.857. The molecule has 1 fully saturated rings. The zero-order chi connectivity index (χ0) is 14.5. The topological polar surface area (TPSA) is 66.8 Å². The van der Waals surface area contributed by atoms with Gasteiger partial charge in [-0.3, -0.25) is 14.5 Å². The number of likely N-dealkylation sites (tertiary alicyclic amines) is 1. The molecule has 0 bridgehead atoms. The number of ether oxygens (including phenoxy) is 1. The minimum atomic E-state index is -0.726. The van der Waals surface area contributed by atoms with Crippen LogP contribution in [-0.4, -0.2) is 47.2 Å². The van der Waals surface area contributed by atoms with Gasteiger partial charge in [0.1, 0.15) is 5.60 Å². The highest BCUT2D eigenvalue weighted by molar-refractivity contribution is 5.72. The van der Waals surface area contributed by atoms with Crippen molar-refractivity contribution >= 4 is 11.9 Å². The van der Waals surface area contributed by atoms with Crippen molar-refractivity contribution in [2.24, 2.45) is 5.92 Å². The smallest absolute Gasteiger partial charge is 0.320 e. The van der Waals surface area contributed by atoms with Gasteiger partial charge in [-0.2, -0.15) is 0 Å². The van der Waals surface area contributed by atoms with Crippen molar-refractivity contribution in [2.75, 3.05) is 19.6 Å². The van der Waals surface area contributed by atoms with Crippen molar-refractivity contribution in [3.8, 4) is 0 Å². The van der Waals surface area contributed by atoms with Gasteiger partial charge < -0.3 is 9.84 Å². The lowest BCUT2D eigenvalue weighted by atomic mass is 9.92. The highest BCUT2D eigenvalue weighted by Crippen LogP contribution is 2.21. The van der Waals surface area contributed by atoms with Gasteiger partial charge in [-0.1, -0.05) is 0 Å². The molecule has 5 heteroatoms. The van der Waals surface area contributed by atoms with Gasteiger partial charge in [-0.05, 0) is 59.0 Å². The number of hydrogen-bond acceptors (Lipinski definition) is 4. The van der Waals surface area contributed by atoms with E-state index in [4.69, 9.17) is 9.84 Å². The fourth-order valence-electron chi connectivity index (χ4n) is 2.32. The molecule has 1 rings (SSSR count). The van der Waals surface area contributed by atoms with Gasteiger partial charge in [0.2, 0.25) is 0 Å². The molecule has 0 spiro atoms. The highest BCUT2D eigenvalue weighted by atomic mass is 16.6. The fourth-order valence-corrected chi connectivity index (χ4v) is 2.32. The maximum atomic E-state index is 11.7. The molecule has 0 radical (unpaired) electrons. The number of hydrogen-bond donors (Lipinski definition) is 1. The normalized spacial score (nSPS) is 18.3. The van der Waals surface area contributed by atoms with E-state index in [1.165, 1.54) is 0 Å². The average Bonchev–Trinajstić information content (AvgIpc) is 2.25. The number of aliphatic carboxylic acids is 1. The highest BCUT2D eigenvalue weighted by Gasteiger charge is 2.23. The standard InChI is InChI=1S/C14H25NO4/c1-14(2,3)19-13(18)10-15-8-6-11(7-9-15)4-5-12(16)17/h11H,4-10H2,1-3H3,(H,16,17). The van der Waals surface area contributed by atoms with Crippen LogP contribution < -0.4 is 0 Å². The van der Waals surface area contributed by atoms with E-state index in [2.05, 4.69) is 4.90 Å². The van der Waals surface area contributed by atoms with Crippen LogP contribution in [0, 0.1) is 5.92 Å². The molecule has 0 amide bonds. The summed E-state index contributed by atoms with van der Waals surface area (Å²) in [6, 6.07) is 0. The summed E-state index contributed by atoms with van der Waals surface area (Å²) in [7, 11) is 0. The number of nitrogens with zero attached hydrogens (tertiary/aromatic N) is 1. The quantitative estimate of drug-likeness (QED) is 0.774. The van der Waals surface area contributed by atoms with Gasteiger partial charge in [-0.15, -0.1) is 0 Å². The predicted octanol–water partition coefficient (Wildman–Crippen LogP) is 1.90. The number of carbonyl (C=O) groups excluding carboxylic acids is 1. The zero-order valence-electron chi connectivity index (χ0n) is 12.1. The Bertz CT molecular complexity index is 314. The van der Waals surface area contributed by atoms with E-state index >= 15 is 0 Å². The third-order valence-electron chi connectivity index (χ3n) is 3.25. The van der Waals surface area contributed by atoms with Crippen LogP contribution in [0.2, 0.25) is 0 Å². The molecule has 1 saturated heterocycles. The monoisotopic (exact) mass is 271 g/mol. The Morgan fingerprint density at radius 3 is 2.32 bits per heavy atom. The van der Waals surface area contributed by atoms with Crippen LogP contribution in [0.25, 0.3) is 0 Å². The summed E-state index contributed by atoms with van der Waals surface area (Å²) in [6.45, 7) is 7.63. The van der Waals surface area contributed by atoms with E-state index in [1.54, 1.807) is 0 Å². The van der Waals surface area contributed by atoms with Crippen LogP contribution in [0.1, 0.15) is 46.5 Å². The molecule has 19 heavy (non-hydrogen) atoms. The molecule has 0 aromatic rings. The molecule has 0 atom stereocenters. The maximum absolute atomic E-state index is 11.7. The molecule has 1 aliphatic rings. The summed E-state index contributed by atoms with van der Waals surface area (Å²) < 4.78 is 5.29. The first-order valence-electron chi connectivity index (χ1n) is 6.92. The number of rotatable bonds is 5. The van der Waals surface area contributed by atoms with Crippen LogP contribution in [0.3, 0.4) is 0 Å². The minimum Gasteiger partial charge on any atom is -0.481 e. The Kier molecular flexibility index (Phi) is 5.79. The molecule has 110 valence electrons. The molecule has 0 aromatic carbocycles. The summed E-state index contributed by atoms with van der Waals surface area (Å²) in [6.07, 6.45) is 2.93. The van der Waals surface area contributed by atoms with Gasteiger partial charge >= 0.3 is 11.9 Å². The van der Waals surface area contributed by atoms with Crippen LogP contribution in [0.5, 0.6) is 0 Å². The van der Waals surface area contributed by atoms with Gasteiger partial charge in [0, 0.05) is 6.42 Å². The molecular formula is C14H25NO4. The van der Waals surface area contributed by atoms with Crippen LogP contribution >= 0.6 is 0 Å². The Balaban J connectivity index is 2.23. The lowest BCUT2D eigenvalue weighted by Crippen LogP contribution is -2.39. The minimum absolute atomic E-state index is 0.184. The van der Waals surface area contributed by atoms with Crippen molar-refractivity contribution in [3.63, 3.8) is 0 Å². The van der Waals surface area contributed by atoms with Crippen molar-refractivity contribution < 1.29 is 19.4 Å². The Hall–Kier alpha value is -1.10. The second kappa shape index (κ2) is 6.89. The predicted molar refractivity (Wildman–Crippen MR) is 71.9 cm³/mol. The van der Waals surface area contributed by atoms with E-state index in [-0.39, 0.29) is 12.4 Å². The van der Waals surface area contributed by atoms with Gasteiger partial charge in [0.15, 0.2) is 0 Å². The number of carboxylic acid groups (broad SMARTS) is 1. The molecule has 5 nitrogen and oxygen atoms in total. The largest absolute Gasteiger partial charge is 0.481 e. The first-order chi connectivity index (χ1) is 8.76. The third kappa shape index (κ3) is 7.15. The average molecular weight is 271 g/mol. The van der Waals surface area contributed by atoms with E-state index in [0.29, 0.717) is 12.5 Å². The first-order valence-corrected chi connectivity index (χ1v) is 6.92. The van der Waals surface area contributed by atoms with Crippen molar-refractivity contribution in [3.05, 3.63) is 0 Å². The second-order valence-corrected chi connectivity index (χ2v) is 6.24. The Labute approximate surface area is 114 Å². The van der Waals surface area contributed by atoms with Crippen molar-refractivity contribution in [2.45, 2.75) is 52.1 Å². The van der Waals surface area contributed by atoms with Crippen LogP contribution in [0.15, 0.2) is 0 Å². The number of carboxylic acids is 1. The molecule has 0 unspecified atom stereocenters. The van der Waals surface area contributed by atoms with E-state index < -0.39 is 11.6 Å². The summed E-state index contributed by atoms with van der Waals surface area (Å²) in [4.78, 5) is 24.3. The lowest BCUT2D eigenvalue weighted by molar-refractivity contribution is -0.156. The lowest BCUT2D eigenvalue weighted by Gasteiger charge is -2.31. The van der Waals surface area contributed by atoms with E-state index in [9.17, 15) is 9.59 Å². The van der Waals surface area contributed by atoms with Gasteiger partial charge in [0.25, 0.3) is 0 Å². The third-order valence-corrected chi connectivity index (χ3v) is 3.25. The van der Waals surface area contributed by atoms with E-state index in [1.807, 2.05) is 20.8 Å². The first kappa shape index (κ1) is 16.0. The number of carbonyl (C=O) groups is 2. The molecular weight excluding hydrogens is 246 g/mol. The van der Waals surface area contributed by atoms with Crippen molar-refractivity contribution in [1.82, 2.24) is 4.90 Å². The van der Waals surface area contributed by atoms with Gasteiger partial charge in [0.05, 0.1) is 6.54 Å². The summed E-state index contributed by atoms with van der Waals surface area (Å²) in [5.74, 6) is -0.432. The zero-order valence-corrected chi connectivity index (χ0v) is 12.1. The van der Waals surface area contributed by atoms with Gasteiger partial charge in [-0.25, -0.2) is 0 Å². The number of piperidine rings is 1. The number of esters is 1. The van der Waals surface area contributed by atoms with Crippen LogP contribution in [0.4, 0.5) is 0 Å². The Morgan fingerprint density at radius 2 is 1.84 bits per heavy atom. The maximum Gasteiger partial charge on any atom is 0.320 e. The van der Waals surface area contributed by atoms with Crippen LogP contribution in [-0.2, 0) is 14.3 Å². The SMILES string of the molecule is CC(C)(C)OC(=O)CN1CCC(CCC(=O)O)CC1. The van der Waals surface area contributed by atoms with E-state index in [0.717, 1.165) is 32.4 Å².